The number of amides is 1. The summed E-state index contributed by atoms with van der Waals surface area (Å²) in [6.07, 6.45) is 3.62. The predicted octanol–water partition coefficient (Wildman–Crippen LogP) is 3.32. The van der Waals surface area contributed by atoms with E-state index in [0.717, 1.165) is 23.5 Å². The number of carbonyl (C=O) groups is 1. The lowest BCUT2D eigenvalue weighted by Gasteiger charge is -2.22. The molecule has 0 aliphatic carbocycles. The molecule has 0 aliphatic heterocycles. The zero-order valence-corrected chi connectivity index (χ0v) is 18.4. The van der Waals surface area contributed by atoms with E-state index in [1.54, 1.807) is 32.2 Å². The first-order valence-electron chi connectivity index (χ1n) is 9.82. The van der Waals surface area contributed by atoms with Crippen molar-refractivity contribution in [3.63, 3.8) is 0 Å². The zero-order chi connectivity index (χ0) is 22.6. The molecule has 0 saturated carbocycles. The monoisotopic (exact) mass is 444 g/mol. The number of nitrogens with one attached hydrogen (secondary N) is 2. The highest BCUT2D eigenvalue weighted by atomic mass is 32.2. The molecule has 0 spiro atoms. The molecule has 0 fully saturated rings. The highest BCUT2D eigenvalue weighted by molar-refractivity contribution is 7.89. The van der Waals surface area contributed by atoms with E-state index in [1.165, 1.54) is 12.1 Å². The highest BCUT2D eigenvalue weighted by Gasteiger charge is 2.29. The first-order valence-corrected chi connectivity index (χ1v) is 11.3. The van der Waals surface area contributed by atoms with Gasteiger partial charge in [-0.1, -0.05) is 38.1 Å². The molecule has 0 unspecified atom stereocenters. The maximum absolute atomic E-state index is 14.0. The van der Waals surface area contributed by atoms with Gasteiger partial charge in [-0.25, -0.2) is 17.8 Å². The number of hydrogen-bond donors (Lipinski definition) is 2. The highest BCUT2D eigenvalue weighted by Crippen LogP contribution is 2.17. The van der Waals surface area contributed by atoms with Crippen LogP contribution in [-0.4, -0.2) is 29.9 Å². The second kappa shape index (κ2) is 9.40. The van der Waals surface area contributed by atoms with Crippen molar-refractivity contribution in [2.75, 3.05) is 5.32 Å². The number of nitrogens with zero attached hydrogens (tertiary/aromatic N) is 2. The van der Waals surface area contributed by atoms with Crippen molar-refractivity contribution in [3.05, 3.63) is 78.1 Å². The SMILES string of the molecule is Cc1nccn1Cc1ccc(NC(=O)[C@@H](NS(=O)(=O)c2ccccc2F)C(C)C)cc1. The Bertz CT molecular complexity index is 1160. The van der Waals surface area contributed by atoms with Crippen LogP contribution in [0.3, 0.4) is 0 Å². The van der Waals surface area contributed by atoms with Gasteiger partial charge in [-0.2, -0.15) is 4.72 Å². The minimum Gasteiger partial charge on any atom is -0.331 e. The number of rotatable bonds is 8. The van der Waals surface area contributed by atoms with Gasteiger partial charge in [0.25, 0.3) is 0 Å². The molecule has 1 aromatic heterocycles. The third-order valence-electron chi connectivity index (χ3n) is 4.86. The third-order valence-corrected chi connectivity index (χ3v) is 6.33. The van der Waals surface area contributed by atoms with Gasteiger partial charge in [0.1, 0.15) is 22.6 Å². The molecule has 3 rings (SSSR count). The molecule has 164 valence electrons. The molecule has 7 nitrogen and oxygen atoms in total. The number of benzene rings is 2. The second-order valence-corrected chi connectivity index (χ2v) is 9.24. The van der Waals surface area contributed by atoms with Gasteiger partial charge in [-0.3, -0.25) is 4.79 Å². The Morgan fingerprint density at radius 3 is 2.39 bits per heavy atom. The maximum atomic E-state index is 14.0. The Morgan fingerprint density at radius 2 is 1.81 bits per heavy atom. The van der Waals surface area contributed by atoms with Gasteiger partial charge in [0.15, 0.2) is 0 Å². The average molecular weight is 445 g/mol. The van der Waals surface area contributed by atoms with Crippen LogP contribution in [0.15, 0.2) is 65.8 Å². The van der Waals surface area contributed by atoms with E-state index in [1.807, 2.05) is 29.8 Å². The number of carbonyl (C=O) groups excluding carboxylic acids is 1. The summed E-state index contributed by atoms with van der Waals surface area (Å²) in [5.41, 5.74) is 1.56. The second-order valence-electron chi connectivity index (χ2n) is 7.56. The van der Waals surface area contributed by atoms with Crippen molar-refractivity contribution in [1.29, 1.82) is 0 Å². The van der Waals surface area contributed by atoms with E-state index in [-0.39, 0.29) is 5.92 Å². The van der Waals surface area contributed by atoms with Crippen molar-refractivity contribution in [2.24, 2.45) is 5.92 Å². The normalized spacial score (nSPS) is 12.7. The number of anilines is 1. The lowest BCUT2D eigenvalue weighted by atomic mass is 10.0. The summed E-state index contributed by atoms with van der Waals surface area (Å²) in [6.45, 7) is 6.00. The van der Waals surface area contributed by atoms with E-state index in [9.17, 15) is 17.6 Å². The van der Waals surface area contributed by atoms with E-state index < -0.39 is 32.7 Å². The largest absolute Gasteiger partial charge is 0.331 e. The molecule has 2 aromatic carbocycles. The number of imidazole rings is 1. The minimum atomic E-state index is -4.21. The molecular weight excluding hydrogens is 419 g/mol. The fraction of sp³-hybridized carbons (Fsp3) is 0.273. The van der Waals surface area contributed by atoms with Crippen LogP contribution < -0.4 is 10.0 Å². The number of sulfonamides is 1. The minimum absolute atomic E-state index is 0.356. The molecule has 9 heteroatoms. The predicted molar refractivity (Wildman–Crippen MR) is 116 cm³/mol. The van der Waals surface area contributed by atoms with E-state index in [4.69, 9.17) is 0 Å². The summed E-state index contributed by atoms with van der Waals surface area (Å²) in [5, 5.41) is 2.73. The molecule has 0 radical (unpaired) electrons. The van der Waals surface area contributed by atoms with Gasteiger partial charge in [0.05, 0.1) is 0 Å². The summed E-state index contributed by atoms with van der Waals surface area (Å²) in [7, 11) is -4.21. The van der Waals surface area contributed by atoms with Gasteiger partial charge >= 0.3 is 0 Å². The van der Waals surface area contributed by atoms with Gasteiger partial charge < -0.3 is 9.88 Å². The standard InChI is InChI=1S/C22H25FN4O3S/c1-15(2)21(26-31(29,30)20-7-5-4-6-19(20)23)22(28)25-18-10-8-17(9-11-18)14-27-13-12-24-16(27)3/h4-13,15,21,26H,14H2,1-3H3,(H,25,28)/t21-/m0/s1. The average Bonchev–Trinajstić information content (AvgIpc) is 3.12. The van der Waals surface area contributed by atoms with Crippen molar-refractivity contribution in [2.45, 2.75) is 38.3 Å². The fourth-order valence-electron chi connectivity index (χ4n) is 3.07. The summed E-state index contributed by atoms with van der Waals surface area (Å²) in [6, 6.07) is 11.2. The topological polar surface area (TPSA) is 93.1 Å². The molecule has 1 amide bonds. The number of halogens is 1. The Kier molecular flexibility index (Phi) is 6.87. The molecule has 1 heterocycles. The Balaban J connectivity index is 1.71. The molecule has 1 atom stereocenters. The van der Waals surface area contributed by atoms with E-state index >= 15 is 0 Å². The molecule has 31 heavy (non-hydrogen) atoms. The van der Waals surface area contributed by atoms with Crippen molar-refractivity contribution in [3.8, 4) is 0 Å². The molecule has 3 aromatic rings. The van der Waals surface area contributed by atoms with Crippen LogP contribution in [0.1, 0.15) is 25.2 Å². The van der Waals surface area contributed by atoms with Crippen LogP contribution in [0, 0.1) is 18.7 Å². The van der Waals surface area contributed by atoms with Crippen molar-refractivity contribution >= 4 is 21.6 Å². The van der Waals surface area contributed by atoms with Crippen LogP contribution in [0.5, 0.6) is 0 Å². The van der Waals surface area contributed by atoms with E-state index in [0.29, 0.717) is 12.2 Å². The van der Waals surface area contributed by atoms with Crippen molar-refractivity contribution in [1.82, 2.24) is 14.3 Å². The van der Waals surface area contributed by atoms with Gasteiger partial charge in [-0.15, -0.1) is 0 Å². The van der Waals surface area contributed by atoms with Crippen molar-refractivity contribution < 1.29 is 17.6 Å². The van der Waals surface area contributed by atoms with Gasteiger partial charge in [0.2, 0.25) is 15.9 Å². The Hall–Kier alpha value is -3.04. The number of aromatic nitrogens is 2. The van der Waals surface area contributed by atoms with Gasteiger partial charge in [-0.05, 0) is 42.7 Å². The first kappa shape index (κ1) is 22.6. The summed E-state index contributed by atoms with van der Waals surface area (Å²) >= 11 is 0. The molecule has 0 bridgehead atoms. The molecular formula is C22H25FN4O3S. The number of hydrogen-bond acceptors (Lipinski definition) is 4. The molecule has 0 saturated heterocycles. The summed E-state index contributed by atoms with van der Waals surface area (Å²) in [4.78, 5) is 16.5. The number of aryl methyl sites for hydroxylation is 1. The van der Waals surface area contributed by atoms with E-state index in [2.05, 4.69) is 15.0 Å². The Labute approximate surface area is 181 Å². The summed E-state index contributed by atoms with van der Waals surface area (Å²) in [5.74, 6) is -0.848. The van der Waals surface area contributed by atoms with Crippen LogP contribution in [0.2, 0.25) is 0 Å². The fourth-order valence-corrected chi connectivity index (χ4v) is 4.49. The first-order chi connectivity index (χ1) is 14.7. The quantitative estimate of drug-likeness (QED) is 0.557. The maximum Gasteiger partial charge on any atom is 0.244 e. The lowest BCUT2D eigenvalue weighted by Crippen LogP contribution is -2.47. The molecule has 0 aliphatic rings. The zero-order valence-electron chi connectivity index (χ0n) is 17.5. The van der Waals surface area contributed by atoms with Gasteiger partial charge in [0, 0.05) is 24.6 Å². The summed E-state index contributed by atoms with van der Waals surface area (Å²) < 4.78 is 43.5. The molecule has 2 N–H and O–H groups in total. The van der Waals surface area contributed by atoms with Crippen LogP contribution in [-0.2, 0) is 21.4 Å². The van der Waals surface area contributed by atoms with Crippen LogP contribution >= 0.6 is 0 Å². The smallest absolute Gasteiger partial charge is 0.244 e. The van der Waals surface area contributed by atoms with Crippen LogP contribution in [0.25, 0.3) is 0 Å². The third kappa shape index (κ3) is 5.56. The Morgan fingerprint density at radius 1 is 1.13 bits per heavy atom. The lowest BCUT2D eigenvalue weighted by molar-refractivity contribution is -0.118. The van der Waals surface area contributed by atoms with Crippen LogP contribution in [0.4, 0.5) is 10.1 Å².